The molecule has 0 radical (unpaired) electrons. The summed E-state index contributed by atoms with van der Waals surface area (Å²) < 4.78 is 0. The molecule has 2 N–H and O–H groups in total. The first kappa shape index (κ1) is 12.4. The maximum atomic E-state index is 8.94. The van der Waals surface area contributed by atoms with Crippen molar-refractivity contribution in [2.45, 2.75) is 4.90 Å². The molecule has 3 heteroatoms. The topological polar surface area (TPSA) is 32.3 Å². The molecule has 0 unspecified atom stereocenters. The zero-order valence-electron chi connectivity index (χ0n) is 8.97. The molecule has 2 aromatic rings. The van der Waals surface area contributed by atoms with E-state index in [2.05, 4.69) is 30.5 Å². The lowest BCUT2D eigenvalue weighted by atomic mass is 10.1. The minimum Gasteiger partial charge on any atom is -0.291 e. The molecule has 0 aliphatic heterocycles. The molecule has 82 valence electrons. The number of hydrogen-bond donors (Lipinski definition) is 2. The first-order chi connectivity index (χ1) is 7.86. The van der Waals surface area contributed by atoms with Crippen LogP contribution in [0.3, 0.4) is 0 Å². The summed E-state index contributed by atoms with van der Waals surface area (Å²) in [5.74, 6) is 0. The fraction of sp³-hybridized carbons (Fsp3) is 0.0769. The number of fused-ring (bicyclic) bond motifs is 1. The molecule has 0 aliphatic carbocycles. The lowest BCUT2D eigenvalue weighted by Gasteiger charge is -2.07. The van der Waals surface area contributed by atoms with Crippen molar-refractivity contribution < 1.29 is 5.21 Å². The summed E-state index contributed by atoms with van der Waals surface area (Å²) in [4.78, 5) is 1.22. The van der Waals surface area contributed by atoms with Gasteiger partial charge in [-0.05, 0) is 23.8 Å². The normalized spacial score (nSPS) is 9.25. The summed E-state index contributed by atoms with van der Waals surface area (Å²) in [5.41, 5.74) is 2.96. The Morgan fingerprint density at radius 1 is 1.06 bits per heavy atom. The number of anilines is 1. The van der Waals surface area contributed by atoms with E-state index in [4.69, 9.17) is 5.21 Å². The van der Waals surface area contributed by atoms with Gasteiger partial charge in [0.15, 0.2) is 0 Å². The third kappa shape index (κ3) is 2.30. The van der Waals surface area contributed by atoms with Crippen LogP contribution in [0.2, 0.25) is 0 Å². The van der Waals surface area contributed by atoms with Crippen LogP contribution in [0.5, 0.6) is 0 Å². The van der Waals surface area contributed by atoms with Gasteiger partial charge in [0.1, 0.15) is 0 Å². The van der Waals surface area contributed by atoms with Crippen LogP contribution in [-0.2, 0) is 0 Å². The average Bonchev–Trinajstić information content (AvgIpc) is 2.39. The Bertz CT molecular complexity index is 450. The summed E-state index contributed by atoms with van der Waals surface area (Å²) in [6, 6.07) is 11.9. The minimum absolute atomic E-state index is 0.749. The van der Waals surface area contributed by atoms with Gasteiger partial charge in [-0.25, -0.2) is 0 Å². The molecule has 0 aliphatic rings. The average molecular weight is 231 g/mol. The number of nitrogens with one attached hydrogen (secondary N) is 1. The van der Waals surface area contributed by atoms with Crippen LogP contribution >= 0.6 is 11.8 Å². The smallest absolute Gasteiger partial charge is 0.0680 e. The second kappa shape index (κ2) is 6.06. The molecular formula is C13H13NOS. The van der Waals surface area contributed by atoms with Gasteiger partial charge in [0, 0.05) is 10.3 Å². The van der Waals surface area contributed by atoms with E-state index in [0.717, 1.165) is 11.1 Å². The number of hydrogen-bond acceptors (Lipinski definition) is 3. The van der Waals surface area contributed by atoms with E-state index >= 15 is 0 Å². The molecule has 0 heterocycles. The van der Waals surface area contributed by atoms with Gasteiger partial charge in [0.05, 0.1) is 5.69 Å². The summed E-state index contributed by atoms with van der Waals surface area (Å²) in [7, 11) is 0. The standard InChI is InChI=1S/C11H11NOS.C2H2/c1-14-11-7-3-4-8-9(11)5-2-6-10(8)12-13;1-2/h2-7,12-13H,1H3;1-2H. The van der Waals surface area contributed by atoms with Crippen molar-refractivity contribution in [3.8, 4) is 12.8 Å². The Labute approximate surface area is 99.6 Å². The Balaban J connectivity index is 0.000000606. The first-order valence-electron chi connectivity index (χ1n) is 4.66. The van der Waals surface area contributed by atoms with Crippen LogP contribution in [0.15, 0.2) is 41.3 Å². The zero-order valence-corrected chi connectivity index (χ0v) is 9.79. The Hall–Kier alpha value is -1.63. The van der Waals surface area contributed by atoms with E-state index in [1.165, 1.54) is 10.3 Å². The third-order valence-electron chi connectivity index (χ3n) is 2.22. The van der Waals surface area contributed by atoms with Crippen LogP contribution in [0.4, 0.5) is 5.69 Å². The van der Waals surface area contributed by atoms with Gasteiger partial charge in [0.25, 0.3) is 0 Å². The van der Waals surface area contributed by atoms with Gasteiger partial charge in [-0.1, -0.05) is 24.3 Å². The van der Waals surface area contributed by atoms with Gasteiger partial charge >= 0.3 is 0 Å². The molecule has 0 saturated carbocycles. The van der Waals surface area contributed by atoms with Crippen molar-refractivity contribution in [3.63, 3.8) is 0 Å². The number of terminal acetylenes is 1. The highest BCUT2D eigenvalue weighted by Gasteiger charge is 2.02. The van der Waals surface area contributed by atoms with E-state index in [1.54, 1.807) is 11.8 Å². The molecule has 0 atom stereocenters. The van der Waals surface area contributed by atoms with E-state index in [-0.39, 0.29) is 0 Å². The second-order valence-electron chi connectivity index (χ2n) is 2.97. The van der Waals surface area contributed by atoms with Crippen LogP contribution < -0.4 is 5.48 Å². The molecule has 2 aromatic carbocycles. The maximum absolute atomic E-state index is 8.94. The lowest BCUT2D eigenvalue weighted by Crippen LogP contribution is -1.90. The van der Waals surface area contributed by atoms with Crippen molar-refractivity contribution in [1.29, 1.82) is 0 Å². The van der Waals surface area contributed by atoms with E-state index in [0.29, 0.717) is 0 Å². The number of rotatable bonds is 2. The van der Waals surface area contributed by atoms with Gasteiger partial charge < -0.3 is 0 Å². The van der Waals surface area contributed by atoms with Crippen molar-refractivity contribution in [3.05, 3.63) is 36.4 Å². The van der Waals surface area contributed by atoms with Crippen LogP contribution in [0.25, 0.3) is 10.8 Å². The van der Waals surface area contributed by atoms with Crippen molar-refractivity contribution in [2.24, 2.45) is 0 Å². The highest BCUT2D eigenvalue weighted by Crippen LogP contribution is 2.30. The van der Waals surface area contributed by atoms with E-state index in [1.807, 2.05) is 30.5 Å². The minimum atomic E-state index is 0.749. The Morgan fingerprint density at radius 2 is 1.69 bits per heavy atom. The summed E-state index contributed by atoms with van der Waals surface area (Å²) in [6.45, 7) is 0. The molecule has 0 saturated heterocycles. The van der Waals surface area contributed by atoms with E-state index in [9.17, 15) is 0 Å². The molecule has 2 rings (SSSR count). The summed E-state index contributed by atoms with van der Waals surface area (Å²) in [6.07, 6.45) is 10.0. The van der Waals surface area contributed by atoms with Gasteiger partial charge in [0.2, 0.25) is 0 Å². The molecule has 0 aromatic heterocycles. The Morgan fingerprint density at radius 3 is 2.31 bits per heavy atom. The van der Waals surface area contributed by atoms with Crippen molar-refractivity contribution in [2.75, 3.05) is 11.7 Å². The molecule has 0 amide bonds. The van der Waals surface area contributed by atoms with Crippen LogP contribution in [0, 0.1) is 12.8 Å². The predicted octanol–water partition coefficient (Wildman–Crippen LogP) is 3.61. The molecule has 16 heavy (non-hydrogen) atoms. The number of thioether (sulfide) groups is 1. The van der Waals surface area contributed by atoms with Crippen LogP contribution in [-0.4, -0.2) is 11.5 Å². The Kier molecular flexibility index (Phi) is 4.71. The van der Waals surface area contributed by atoms with Crippen molar-refractivity contribution in [1.82, 2.24) is 0 Å². The summed E-state index contributed by atoms with van der Waals surface area (Å²) in [5, 5.41) is 11.2. The SMILES string of the molecule is C#C.CSc1cccc2c(NO)cccc12. The fourth-order valence-electron chi connectivity index (χ4n) is 1.56. The third-order valence-corrected chi connectivity index (χ3v) is 3.02. The van der Waals surface area contributed by atoms with E-state index < -0.39 is 0 Å². The zero-order chi connectivity index (χ0) is 12.0. The monoisotopic (exact) mass is 231 g/mol. The molecule has 0 fully saturated rings. The van der Waals surface area contributed by atoms with Gasteiger partial charge in [-0.15, -0.1) is 24.6 Å². The lowest BCUT2D eigenvalue weighted by molar-refractivity contribution is 0.390. The van der Waals surface area contributed by atoms with Gasteiger partial charge in [-0.3, -0.25) is 10.7 Å². The van der Waals surface area contributed by atoms with Crippen LogP contribution in [0.1, 0.15) is 0 Å². The largest absolute Gasteiger partial charge is 0.291 e. The molecule has 0 spiro atoms. The van der Waals surface area contributed by atoms with Crippen molar-refractivity contribution >= 4 is 28.2 Å². The number of benzene rings is 2. The second-order valence-corrected chi connectivity index (χ2v) is 3.82. The van der Waals surface area contributed by atoms with Gasteiger partial charge in [-0.2, -0.15) is 0 Å². The maximum Gasteiger partial charge on any atom is 0.0680 e. The first-order valence-corrected chi connectivity index (χ1v) is 5.88. The predicted molar refractivity (Wildman–Crippen MR) is 71.0 cm³/mol. The highest BCUT2D eigenvalue weighted by atomic mass is 32.2. The molecule has 2 nitrogen and oxygen atoms in total. The quantitative estimate of drug-likeness (QED) is 0.470. The molecule has 0 bridgehead atoms. The summed E-state index contributed by atoms with van der Waals surface area (Å²) >= 11 is 1.71. The fourth-order valence-corrected chi connectivity index (χ4v) is 2.17. The highest BCUT2D eigenvalue weighted by molar-refractivity contribution is 7.98. The molecular weight excluding hydrogens is 218 g/mol.